The van der Waals surface area contributed by atoms with E-state index in [2.05, 4.69) is 10.3 Å². The van der Waals surface area contributed by atoms with Gasteiger partial charge in [-0.05, 0) is 39.8 Å². The monoisotopic (exact) mass is 308 g/mol. The quantitative estimate of drug-likeness (QED) is 0.890. The van der Waals surface area contributed by atoms with Crippen molar-refractivity contribution in [2.75, 3.05) is 0 Å². The third kappa shape index (κ3) is 3.71. The van der Waals surface area contributed by atoms with Gasteiger partial charge in [0.15, 0.2) is 10.8 Å². The first-order valence-corrected chi connectivity index (χ1v) is 7.59. The van der Waals surface area contributed by atoms with Crippen molar-refractivity contribution < 1.29 is 14.3 Å². The maximum Gasteiger partial charge on any atom is 0.226 e. The van der Waals surface area contributed by atoms with Crippen LogP contribution >= 0.6 is 11.3 Å². The summed E-state index contributed by atoms with van der Waals surface area (Å²) in [6.07, 6.45) is 1.77. The van der Waals surface area contributed by atoms with E-state index in [-0.39, 0.29) is 12.3 Å². The van der Waals surface area contributed by atoms with E-state index in [1.807, 2.05) is 11.4 Å². The van der Waals surface area contributed by atoms with Crippen LogP contribution < -0.4 is 5.32 Å². The van der Waals surface area contributed by atoms with E-state index in [9.17, 15) is 9.90 Å². The van der Waals surface area contributed by atoms with Gasteiger partial charge in [-0.3, -0.25) is 4.79 Å². The van der Waals surface area contributed by atoms with Crippen molar-refractivity contribution in [1.29, 1.82) is 0 Å². The highest BCUT2D eigenvalue weighted by Crippen LogP contribution is 2.24. The Bertz CT molecular complexity index is 609. The van der Waals surface area contributed by atoms with E-state index in [1.165, 1.54) is 11.3 Å². The molecule has 5 nitrogen and oxygen atoms in total. The number of amides is 1. The van der Waals surface area contributed by atoms with Gasteiger partial charge in [0.25, 0.3) is 0 Å². The van der Waals surface area contributed by atoms with Gasteiger partial charge in [-0.25, -0.2) is 4.98 Å². The van der Waals surface area contributed by atoms with Gasteiger partial charge >= 0.3 is 0 Å². The van der Waals surface area contributed by atoms with Gasteiger partial charge < -0.3 is 14.8 Å². The molecule has 6 heteroatoms. The second-order valence-corrected chi connectivity index (χ2v) is 6.89. The second-order valence-electron chi connectivity index (χ2n) is 6.03. The first-order valence-electron chi connectivity index (χ1n) is 6.71. The van der Waals surface area contributed by atoms with Crippen molar-refractivity contribution in [1.82, 2.24) is 10.3 Å². The Morgan fingerprint density at radius 1 is 1.43 bits per heavy atom. The molecule has 0 radical (unpaired) electrons. The normalized spacial score (nSPS) is 12.4. The Kier molecular flexibility index (Phi) is 4.20. The lowest BCUT2D eigenvalue weighted by Gasteiger charge is -2.37. The predicted molar refractivity (Wildman–Crippen MR) is 82.0 cm³/mol. The molecule has 2 aromatic heterocycles. The van der Waals surface area contributed by atoms with E-state index in [1.54, 1.807) is 40.0 Å². The lowest BCUT2D eigenvalue weighted by molar-refractivity contribution is -0.125. The SMILES string of the molecule is CC(C)(O)C(C)(C)NC(=O)Cc1csc(-c2ccco2)n1. The number of carbonyl (C=O) groups excluding carboxylic acids is 1. The molecular weight excluding hydrogens is 288 g/mol. The zero-order valence-corrected chi connectivity index (χ0v) is 13.5. The Morgan fingerprint density at radius 2 is 2.14 bits per heavy atom. The second kappa shape index (κ2) is 5.61. The predicted octanol–water partition coefficient (Wildman–Crippen LogP) is 2.61. The fraction of sp³-hybridized carbons (Fsp3) is 0.467. The van der Waals surface area contributed by atoms with Crippen molar-refractivity contribution in [3.63, 3.8) is 0 Å². The maximum atomic E-state index is 12.1. The Labute approximate surface area is 128 Å². The molecule has 0 bridgehead atoms. The molecule has 0 saturated carbocycles. The number of carbonyl (C=O) groups is 1. The molecule has 2 N–H and O–H groups in total. The van der Waals surface area contributed by atoms with Gasteiger partial charge in [0.2, 0.25) is 5.91 Å². The van der Waals surface area contributed by atoms with Gasteiger partial charge in [0.05, 0.1) is 29.5 Å². The summed E-state index contributed by atoms with van der Waals surface area (Å²) >= 11 is 1.44. The molecule has 1 amide bonds. The highest BCUT2D eigenvalue weighted by atomic mass is 32.1. The maximum absolute atomic E-state index is 12.1. The van der Waals surface area contributed by atoms with Gasteiger partial charge in [-0.15, -0.1) is 11.3 Å². The number of nitrogens with zero attached hydrogens (tertiary/aromatic N) is 1. The van der Waals surface area contributed by atoms with Crippen molar-refractivity contribution in [2.45, 2.75) is 45.3 Å². The molecule has 0 spiro atoms. The largest absolute Gasteiger partial charge is 0.462 e. The molecular formula is C15H20N2O3S. The molecule has 0 aromatic carbocycles. The molecule has 2 rings (SSSR count). The fourth-order valence-corrected chi connectivity index (χ4v) is 2.40. The Hall–Kier alpha value is -1.66. The summed E-state index contributed by atoms with van der Waals surface area (Å²) in [6, 6.07) is 3.63. The molecule has 114 valence electrons. The van der Waals surface area contributed by atoms with E-state index < -0.39 is 11.1 Å². The molecule has 2 heterocycles. The summed E-state index contributed by atoms with van der Waals surface area (Å²) in [5.74, 6) is 0.530. The highest BCUT2D eigenvalue weighted by molar-refractivity contribution is 7.13. The van der Waals surface area contributed by atoms with Crippen molar-refractivity contribution >= 4 is 17.2 Å². The van der Waals surface area contributed by atoms with Crippen LogP contribution in [0.5, 0.6) is 0 Å². The van der Waals surface area contributed by atoms with E-state index in [4.69, 9.17) is 4.42 Å². The van der Waals surface area contributed by atoms with Crippen LogP contribution in [0.2, 0.25) is 0 Å². The van der Waals surface area contributed by atoms with Crippen molar-refractivity contribution in [3.8, 4) is 10.8 Å². The summed E-state index contributed by atoms with van der Waals surface area (Å²) in [5.41, 5.74) is -1.04. The van der Waals surface area contributed by atoms with Crippen LogP contribution in [0, 0.1) is 0 Å². The van der Waals surface area contributed by atoms with Crippen LogP contribution in [0.3, 0.4) is 0 Å². The van der Waals surface area contributed by atoms with E-state index in [0.29, 0.717) is 11.5 Å². The average Bonchev–Trinajstić information content (AvgIpc) is 2.95. The zero-order chi connectivity index (χ0) is 15.7. The van der Waals surface area contributed by atoms with Gasteiger partial charge in [-0.1, -0.05) is 0 Å². The first-order chi connectivity index (χ1) is 9.69. The average molecular weight is 308 g/mol. The smallest absolute Gasteiger partial charge is 0.226 e. The van der Waals surface area contributed by atoms with Crippen LogP contribution in [0.15, 0.2) is 28.2 Å². The summed E-state index contributed by atoms with van der Waals surface area (Å²) in [7, 11) is 0. The molecule has 0 aliphatic carbocycles. The van der Waals surface area contributed by atoms with Gasteiger partial charge in [0.1, 0.15) is 0 Å². The van der Waals surface area contributed by atoms with Crippen molar-refractivity contribution in [3.05, 3.63) is 29.5 Å². The minimum Gasteiger partial charge on any atom is -0.462 e. The Morgan fingerprint density at radius 3 is 2.71 bits per heavy atom. The summed E-state index contributed by atoms with van der Waals surface area (Å²) < 4.78 is 5.28. The summed E-state index contributed by atoms with van der Waals surface area (Å²) in [5, 5.41) is 15.5. The lowest BCUT2D eigenvalue weighted by atomic mass is 9.86. The first kappa shape index (κ1) is 15.7. The van der Waals surface area contributed by atoms with Gasteiger partial charge in [-0.2, -0.15) is 0 Å². The molecule has 0 fully saturated rings. The summed E-state index contributed by atoms with van der Waals surface area (Å²) in [6.45, 7) is 6.93. The molecule has 2 aromatic rings. The molecule has 0 aliphatic heterocycles. The molecule has 0 saturated heterocycles. The molecule has 0 unspecified atom stereocenters. The van der Waals surface area contributed by atoms with Crippen LogP contribution in [-0.4, -0.2) is 27.1 Å². The van der Waals surface area contributed by atoms with Crippen LogP contribution in [0.4, 0.5) is 0 Å². The van der Waals surface area contributed by atoms with Crippen LogP contribution in [0.25, 0.3) is 10.8 Å². The van der Waals surface area contributed by atoms with Gasteiger partial charge in [0, 0.05) is 5.38 Å². The molecule has 0 aliphatic rings. The van der Waals surface area contributed by atoms with E-state index in [0.717, 1.165) is 5.01 Å². The number of nitrogens with one attached hydrogen (secondary N) is 1. The minimum absolute atomic E-state index is 0.168. The van der Waals surface area contributed by atoms with Crippen molar-refractivity contribution in [2.24, 2.45) is 0 Å². The third-order valence-corrected chi connectivity index (χ3v) is 4.51. The standard InChI is InChI=1S/C15H20N2O3S/c1-14(2,15(3,4)19)17-12(18)8-10-9-21-13(16-10)11-6-5-7-20-11/h5-7,9,19H,8H2,1-4H3,(H,17,18). The molecule has 21 heavy (non-hydrogen) atoms. The number of hydrogen-bond donors (Lipinski definition) is 2. The number of aliphatic hydroxyl groups is 1. The van der Waals surface area contributed by atoms with E-state index >= 15 is 0 Å². The zero-order valence-electron chi connectivity index (χ0n) is 12.6. The number of furan rings is 1. The molecule has 0 atom stereocenters. The highest BCUT2D eigenvalue weighted by Gasteiger charge is 2.36. The lowest BCUT2D eigenvalue weighted by Crippen LogP contribution is -2.58. The number of thiazole rings is 1. The number of hydrogen-bond acceptors (Lipinski definition) is 5. The number of rotatable bonds is 5. The van der Waals surface area contributed by atoms with Crippen LogP contribution in [0.1, 0.15) is 33.4 Å². The minimum atomic E-state index is -1.01. The third-order valence-electron chi connectivity index (χ3n) is 3.61. The number of aromatic nitrogens is 1. The van der Waals surface area contributed by atoms with Crippen LogP contribution in [-0.2, 0) is 11.2 Å². The Balaban J connectivity index is 2.01. The summed E-state index contributed by atoms with van der Waals surface area (Å²) in [4.78, 5) is 16.5. The fourth-order valence-electron chi connectivity index (χ4n) is 1.61. The topological polar surface area (TPSA) is 75.4 Å².